The maximum absolute atomic E-state index is 3.66. The van der Waals surface area contributed by atoms with E-state index in [0.717, 1.165) is 19.3 Å². The van der Waals surface area contributed by atoms with Crippen molar-refractivity contribution in [2.24, 2.45) is 0 Å². The number of hydrogen-bond donors (Lipinski definition) is 0. The topological polar surface area (TPSA) is 0 Å². The second-order valence-corrected chi connectivity index (χ2v) is 2.14. The molecule has 1 aliphatic carbocycles. The maximum atomic E-state index is 3.66. The third-order valence-corrected chi connectivity index (χ3v) is 1.38. The summed E-state index contributed by atoms with van der Waals surface area (Å²) in [6.45, 7) is 3.66. The van der Waals surface area contributed by atoms with Crippen LogP contribution in [0.3, 0.4) is 0 Å². The van der Waals surface area contributed by atoms with E-state index in [1.54, 1.807) is 0 Å². The zero-order valence-electron chi connectivity index (χ0n) is 6.56. The van der Waals surface area contributed by atoms with Crippen LogP contribution in [0.1, 0.15) is 19.3 Å². The van der Waals surface area contributed by atoms with Crippen LogP contribution in [0.4, 0.5) is 0 Å². The predicted molar refractivity (Wildman–Crippen MR) is 39.9 cm³/mol. The average Bonchev–Trinajstić information content (AvgIpc) is 2.34. The first-order chi connectivity index (χ1) is 4.43. The van der Waals surface area contributed by atoms with Gasteiger partial charge in [0.1, 0.15) is 0 Å². The monoisotopic (exact) mass is 126 g/mol. The molecule has 48 valence electrons. The van der Waals surface area contributed by atoms with E-state index in [9.17, 15) is 0 Å². The Bertz CT molecular complexity index is 154. The van der Waals surface area contributed by atoms with Crippen LogP contribution in [0.5, 0.6) is 0 Å². The van der Waals surface area contributed by atoms with E-state index >= 15 is 0 Å². The van der Waals surface area contributed by atoms with Crippen molar-refractivity contribution in [1.29, 1.82) is 0 Å². The molecule has 0 saturated heterocycles. The van der Waals surface area contributed by atoms with Gasteiger partial charge < -0.3 is 0 Å². The van der Waals surface area contributed by atoms with Gasteiger partial charge >= 0.3 is 18.9 Å². The molecule has 0 saturated carbocycles. The molecule has 0 aromatic rings. The standard InChI is InChI=1S/C9H11.Li/c1-2-3-6-9-7-4-5-8-9;/h2,4,7H,1,3,5-6H2;/q-1;+1. The van der Waals surface area contributed by atoms with Crippen LogP contribution in [0.2, 0.25) is 0 Å². The fourth-order valence-corrected chi connectivity index (χ4v) is 0.879. The van der Waals surface area contributed by atoms with E-state index in [1.807, 2.05) is 6.08 Å². The van der Waals surface area contributed by atoms with Gasteiger partial charge in [-0.1, -0.05) is 12.5 Å². The van der Waals surface area contributed by atoms with Gasteiger partial charge in [-0.25, -0.2) is 11.6 Å². The Morgan fingerprint density at radius 2 is 2.50 bits per heavy atom. The van der Waals surface area contributed by atoms with Gasteiger partial charge in [-0.05, 0) is 6.42 Å². The summed E-state index contributed by atoms with van der Waals surface area (Å²) in [7, 11) is 0. The Hall–Kier alpha value is -0.183. The van der Waals surface area contributed by atoms with Crippen LogP contribution in [-0.2, 0) is 0 Å². The second-order valence-electron chi connectivity index (χ2n) is 2.14. The summed E-state index contributed by atoms with van der Waals surface area (Å²) in [5.41, 5.74) is 1.34. The Kier molecular flexibility index (Phi) is 5.49. The molecule has 0 amide bonds. The summed E-state index contributed by atoms with van der Waals surface area (Å²) in [5.74, 6) is 0. The first-order valence-electron chi connectivity index (χ1n) is 3.30. The molecule has 1 aliphatic rings. The van der Waals surface area contributed by atoms with Crippen LogP contribution in [-0.4, -0.2) is 0 Å². The van der Waals surface area contributed by atoms with Gasteiger partial charge in [0.25, 0.3) is 0 Å². The summed E-state index contributed by atoms with van der Waals surface area (Å²) >= 11 is 0. The van der Waals surface area contributed by atoms with Gasteiger partial charge in [0.2, 0.25) is 0 Å². The molecule has 0 bridgehead atoms. The molecule has 0 unspecified atom stereocenters. The van der Waals surface area contributed by atoms with Gasteiger partial charge in [0.05, 0.1) is 0 Å². The van der Waals surface area contributed by atoms with Gasteiger partial charge in [-0.3, -0.25) is 6.08 Å². The summed E-state index contributed by atoms with van der Waals surface area (Å²) in [4.78, 5) is 0. The Morgan fingerprint density at radius 1 is 1.70 bits per heavy atom. The smallest absolute Gasteiger partial charge is 0.269 e. The molecule has 0 aliphatic heterocycles. The molecule has 10 heavy (non-hydrogen) atoms. The molecule has 1 rings (SSSR count). The molecule has 0 heterocycles. The summed E-state index contributed by atoms with van der Waals surface area (Å²) < 4.78 is 0. The van der Waals surface area contributed by atoms with E-state index in [0.29, 0.717) is 0 Å². The van der Waals surface area contributed by atoms with Gasteiger partial charge in [0, 0.05) is 0 Å². The van der Waals surface area contributed by atoms with Crippen LogP contribution >= 0.6 is 0 Å². The molecule has 0 radical (unpaired) electrons. The number of allylic oxidation sites excluding steroid dienone is 5. The minimum atomic E-state index is 0. The largest absolute Gasteiger partial charge is 1.00 e. The molecular formula is C9H11Li. The molecule has 0 N–H and O–H groups in total. The molecular weight excluding hydrogens is 115 g/mol. The van der Waals surface area contributed by atoms with Crippen LogP contribution in [0.15, 0.2) is 30.4 Å². The van der Waals surface area contributed by atoms with E-state index in [-0.39, 0.29) is 18.9 Å². The second kappa shape index (κ2) is 5.59. The molecule has 0 atom stereocenters. The zero-order chi connectivity index (χ0) is 6.53. The first kappa shape index (κ1) is 9.82. The molecule has 0 fully saturated rings. The quantitative estimate of drug-likeness (QED) is 0.275. The van der Waals surface area contributed by atoms with Crippen molar-refractivity contribution >= 4 is 0 Å². The molecule has 0 spiro atoms. The van der Waals surface area contributed by atoms with E-state index in [1.165, 1.54) is 5.57 Å². The minimum absolute atomic E-state index is 0. The van der Waals surface area contributed by atoms with Crippen molar-refractivity contribution in [3.05, 3.63) is 36.5 Å². The van der Waals surface area contributed by atoms with Crippen molar-refractivity contribution in [2.45, 2.75) is 19.3 Å². The number of hydrogen-bond acceptors (Lipinski definition) is 0. The van der Waals surface area contributed by atoms with E-state index < -0.39 is 0 Å². The van der Waals surface area contributed by atoms with Crippen LogP contribution < -0.4 is 18.9 Å². The van der Waals surface area contributed by atoms with Crippen molar-refractivity contribution in [3.63, 3.8) is 0 Å². The molecule has 0 aromatic heterocycles. The molecule has 1 heteroatoms. The average molecular weight is 126 g/mol. The van der Waals surface area contributed by atoms with Crippen molar-refractivity contribution in [2.75, 3.05) is 0 Å². The third kappa shape index (κ3) is 3.10. The molecule has 0 nitrogen and oxygen atoms in total. The molecule has 0 aromatic carbocycles. The minimum Gasteiger partial charge on any atom is -0.269 e. The SMILES string of the molecule is C=CCCC1=[C-]CC=C1.[Li+]. The predicted octanol–water partition coefficient (Wildman–Crippen LogP) is -0.354. The van der Waals surface area contributed by atoms with E-state index in [4.69, 9.17) is 0 Å². The first-order valence-corrected chi connectivity index (χ1v) is 3.30. The van der Waals surface area contributed by atoms with Crippen molar-refractivity contribution < 1.29 is 18.9 Å². The van der Waals surface area contributed by atoms with Gasteiger partial charge in [0.15, 0.2) is 0 Å². The normalized spacial score (nSPS) is 14.2. The van der Waals surface area contributed by atoms with Crippen LogP contribution in [0.25, 0.3) is 0 Å². The Balaban J connectivity index is 0.000000810. The van der Waals surface area contributed by atoms with E-state index in [2.05, 4.69) is 24.8 Å². The third-order valence-electron chi connectivity index (χ3n) is 1.38. The fraction of sp³-hybridized carbons (Fsp3) is 0.333. The summed E-state index contributed by atoms with van der Waals surface area (Å²) in [6.07, 6.45) is 12.7. The van der Waals surface area contributed by atoms with Crippen molar-refractivity contribution in [3.8, 4) is 0 Å². The fourth-order valence-electron chi connectivity index (χ4n) is 0.879. The van der Waals surface area contributed by atoms with Crippen LogP contribution in [0, 0.1) is 6.08 Å². The summed E-state index contributed by atoms with van der Waals surface area (Å²) in [6, 6.07) is 0. The Morgan fingerprint density at radius 3 is 3.00 bits per heavy atom. The van der Waals surface area contributed by atoms with Crippen molar-refractivity contribution in [1.82, 2.24) is 0 Å². The maximum Gasteiger partial charge on any atom is 1.00 e. The summed E-state index contributed by atoms with van der Waals surface area (Å²) in [5, 5.41) is 0. The van der Waals surface area contributed by atoms with Gasteiger partial charge in [-0.2, -0.15) is 6.08 Å². The Labute approximate surface area is 74.9 Å². The zero-order valence-corrected chi connectivity index (χ0v) is 6.56. The van der Waals surface area contributed by atoms with Gasteiger partial charge in [-0.15, -0.1) is 13.0 Å². The number of rotatable bonds is 3.